The molecule has 148 valence electrons. The van der Waals surface area contributed by atoms with Gasteiger partial charge in [0.1, 0.15) is 0 Å². The Morgan fingerprint density at radius 3 is 1.63 bits per heavy atom. The van der Waals surface area contributed by atoms with E-state index >= 15 is 0 Å². The first-order valence-corrected chi connectivity index (χ1v) is 9.08. The number of ether oxygens (including phenoxy) is 1. The largest absolute Gasteiger partial charge is 2.00 e. The van der Waals surface area contributed by atoms with Crippen LogP contribution in [-0.2, 0) is 21.1 Å². The van der Waals surface area contributed by atoms with Crippen molar-refractivity contribution >= 4 is 11.6 Å². The Bertz CT molecular complexity index is 1350. The SMILES string of the molecule is [Pt+2].[c-]1c(Oc2[c-]c(-n3ccn4ccnc34)ccc2)cccc1-n1ccn2ccnc12. The van der Waals surface area contributed by atoms with Crippen molar-refractivity contribution in [2.24, 2.45) is 0 Å². The number of aromatic nitrogens is 6. The van der Waals surface area contributed by atoms with Crippen LogP contribution in [0.1, 0.15) is 0 Å². The molecule has 0 saturated carbocycles. The third-order valence-electron chi connectivity index (χ3n) is 4.72. The minimum absolute atomic E-state index is 0. The van der Waals surface area contributed by atoms with Crippen LogP contribution >= 0.6 is 0 Å². The average Bonchev–Trinajstić information content (AvgIpc) is 3.49. The second kappa shape index (κ2) is 7.35. The fourth-order valence-electron chi connectivity index (χ4n) is 3.39. The van der Waals surface area contributed by atoms with Crippen molar-refractivity contribution in [3.8, 4) is 22.9 Å². The molecule has 0 unspecified atom stereocenters. The van der Waals surface area contributed by atoms with Gasteiger partial charge >= 0.3 is 21.1 Å². The summed E-state index contributed by atoms with van der Waals surface area (Å²) in [7, 11) is 0. The van der Waals surface area contributed by atoms with E-state index in [4.69, 9.17) is 4.74 Å². The van der Waals surface area contributed by atoms with Gasteiger partial charge < -0.3 is 13.9 Å². The molecule has 0 bridgehead atoms. The number of hydrogen-bond donors (Lipinski definition) is 0. The molecule has 8 heteroatoms. The standard InChI is InChI=1S/C22H14N6O.Pt/c1-3-17(27-13-11-25-9-7-23-21(25)27)15-19(5-1)29-20-6-2-4-18(16-20)28-14-12-26-10-8-24-22(26)28;/h1-14H;/q-2;+2. The normalized spacial score (nSPS) is 11.1. The van der Waals surface area contributed by atoms with Gasteiger partial charge in [0.25, 0.3) is 0 Å². The number of hydrogen-bond acceptors (Lipinski definition) is 3. The van der Waals surface area contributed by atoms with Crippen molar-refractivity contribution in [1.29, 1.82) is 0 Å². The molecule has 0 fully saturated rings. The molecule has 0 atom stereocenters. The number of benzene rings is 2. The van der Waals surface area contributed by atoms with Crippen molar-refractivity contribution in [3.05, 3.63) is 98.1 Å². The van der Waals surface area contributed by atoms with E-state index in [1.54, 1.807) is 12.4 Å². The average molecular weight is 573 g/mol. The van der Waals surface area contributed by atoms with Gasteiger partial charge in [-0.15, -0.1) is 36.4 Å². The third kappa shape index (κ3) is 3.04. The summed E-state index contributed by atoms with van der Waals surface area (Å²) in [6.45, 7) is 0. The second-order valence-corrected chi connectivity index (χ2v) is 6.51. The Labute approximate surface area is 186 Å². The van der Waals surface area contributed by atoms with Crippen molar-refractivity contribution < 1.29 is 25.8 Å². The van der Waals surface area contributed by atoms with Crippen LogP contribution in [0.5, 0.6) is 11.5 Å². The van der Waals surface area contributed by atoms with Crippen LogP contribution in [0.2, 0.25) is 0 Å². The quantitative estimate of drug-likeness (QED) is 0.300. The Balaban J connectivity index is 0.00000193. The summed E-state index contributed by atoms with van der Waals surface area (Å²) < 4.78 is 13.9. The van der Waals surface area contributed by atoms with E-state index in [2.05, 4.69) is 22.1 Å². The Hall–Kier alpha value is -3.57. The maximum atomic E-state index is 6.05. The van der Waals surface area contributed by atoms with Gasteiger partial charge in [0, 0.05) is 61.1 Å². The van der Waals surface area contributed by atoms with Crippen LogP contribution < -0.4 is 4.74 Å². The first-order valence-electron chi connectivity index (χ1n) is 9.08. The number of nitrogens with zero attached hydrogens (tertiary/aromatic N) is 6. The first kappa shape index (κ1) is 18.5. The van der Waals surface area contributed by atoms with Crippen LogP contribution in [0.4, 0.5) is 0 Å². The van der Waals surface area contributed by atoms with E-state index in [0.717, 1.165) is 22.9 Å². The molecular formula is C22H14N6OPt. The summed E-state index contributed by atoms with van der Waals surface area (Å²) in [6.07, 6.45) is 15.2. The van der Waals surface area contributed by atoms with Gasteiger partial charge in [0.05, 0.1) is 0 Å². The van der Waals surface area contributed by atoms with Gasteiger partial charge in [-0.1, -0.05) is 11.4 Å². The van der Waals surface area contributed by atoms with Crippen LogP contribution in [0.3, 0.4) is 0 Å². The van der Waals surface area contributed by atoms with Gasteiger partial charge in [-0.3, -0.25) is 8.80 Å². The van der Waals surface area contributed by atoms with Gasteiger partial charge in [0.2, 0.25) is 11.6 Å². The summed E-state index contributed by atoms with van der Waals surface area (Å²) in [5.74, 6) is 2.85. The van der Waals surface area contributed by atoms with Gasteiger partial charge in [-0.2, -0.15) is 12.1 Å². The molecule has 7 nitrogen and oxygen atoms in total. The molecule has 0 radical (unpaired) electrons. The predicted octanol–water partition coefficient (Wildman–Crippen LogP) is 3.95. The fraction of sp³-hybridized carbons (Fsp3) is 0. The summed E-state index contributed by atoms with van der Waals surface area (Å²) in [5.41, 5.74) is 1.70. The Morgan fingerprint density at radius 2 is 1.13 bits per heavy atom. The van der Waals surface area contributed by atoms with Crippen LogP contribution in [-0.4, -0.2) is 27.9 Å². The molecule has 30 heavy (non-hydrogen) atoms. The van der Waals surface area contributed by atoms with Crippen molar-refractivity contribution in [1.82, 2.24) is 27.9 Å². The van der Waals surface area contributed by atoms with E-state index in [1.807, 2.05) is 91.5 Å². The zero-order valence-corrected chi connectivity index (χ0v) is 17.8. The minimum Gasteiger partial charge on any atom is -0.509 e. The van der Waals surface area contributed by atoms with Gasteiger partial charge in [-0.05, 0) is 0 Å². The monoisotopic (exact) mass is 573 g/mol. The molecule has 0 N–H and O–H groups in total. The Morgan fingerprint density at radius 1 is 0.633 bits per heavy atom. The first-order chi connectivity index (χ1) is 14.3. The number of imidazole rings is 4. The summed E-state index contributed by atoms with van der Waals surface area (Å²) in [5, 5.41) is 0. The Kier molecular flexibility index (Phi) is 4.52. The van der Waals surface area contributed by atoms with Crippen LogP contribution in [0.25, 0.3) is 22.9 Å². The van der Waals surface area contributed by atoms with Crippen molar-refractivity contribution in [3.63, 3.8) is 0 Å². The van der Waals surface area contributed by atoms with E-state index in [-0.39, 0.29) is 21.1 Å². The maximum absolute atomic E-state index is 6.05. The molecule has 0 saturated heterocycles. The smallest absolute Gasteiger partial charge is 0.509 e. The van der Waals surface area contributed by atoms with Crippen LogP contribution in [0.15, 0.2) is 86.0 Å². The molecule has 0 amide bonds. The van der Waals surface area contributed by atoms with Crippen LogP contribution in [0, 0.1) is 12.1 Å². The molecular weight excluding hydrogens is 559 g/mol. The molecule has 0 aliphatic rings. The van der Waals surface area contributed by atoms with Gasteiger partial charge in [-0.25, -0.2) is 9.97 Å². The molecule has 0 aliphatic carbocycles. The molecule has 4 aromatic heterocycles. The van der Waals surface area contributed by atoms with E-state index in [0.29, 0.717) is 11.5 Å². The predicted molar refractivity (Wildman–Crippen MR) is 107 cm³/mol. The summed E-state index contributed by atoms with van der Waals surface area (Å²) in [6, 6.07) is 18.2. The molecule has 0 spiro atoms. The van der Waals surface area contributed by atoms with Crippen molar-refractivity contribution in [2.45, 2.75) is 0 Å². The molecule has 6 rings (SSSR count). The molecule has 2 aromatic carbocycles. The maximum Gasteiger partial charge on any atom is 2.00 e. The molecule has 4 heterocycles. The van der Waals surface area contributed by atoms with E-state index in [9.17, 15) is 0 Å². The van der Waals surface area contributed by atoms with Gasteiger partial charge in [0.15, 0.2) is 0 Å². The minimum atomic E-state index is 0. The molecule has 0 aliphatic heterocycles. The second-order valence-electron chi connectivity index (χ2n) is 6.51. The zero-order valence-electron chi connectivity index (χ0n) is 15.5. The summed E-state index contributed by atoms with van der Waals surface area (Å²) in [4.78, 5) is 8.75. The van der Waals surface area contributed by atoms with E-state index < -0.39 is 0 Å². The summed E-state index contributed by atoms with van der Waals surface area (Å²) >= 11 is 0. The zero-order chi connectivity index (χ0) is 19.2. The number of fused-ring (bicyclic) bond motifs is 2. The fourth-order valence-corrected chi connectivity index (χ4v) is 3.39. The van der Waals surface area contributed by atoms with Crippen molar-refractivity contribution in [2.75, 3.05) is 0 Å². The van der Waals surface area contributed by atoms with E-state index in [1.165, 1.54) is 0 Å². The number of rotatable bonds is 4. The third-order valence-corrected chi connectivity index (χ3v) is 4.72. The topological polar surface area (TPSA) is 53.7 Å². The molecule has 6 aromatic rings.